The van der Waals surface area contributed by atoms with E-state index in [0.29, 0.717) is 9.80 Å². The molecule has 0 bridgehead atoms. The van der Waals surface area contributed by atoms with Crippen LogP contribution in [0.4, 0.5) is 9.59 Å². The molecule has 3 rings (SSSR count). The SMILES string of the molecule is CC(C)(C)OC(=O)NCCOCCOCCNC(=O)COc1cccc2c1C(=O)N(C1CCC(=O)N(C(=O)OC(C)(C)C)C1=O)C2=O. The van der Waals surface area contributed by atoms with Gasteiger partial charge in [-0.2, -0.15) is 4.90 Å². The number of piperidine rings is 1. The highest BCUT2D eigenvalue weighted by Crippen LogP contribution is 2.34. The number of amides is 7. The van der Waals surface area contributed by atoms with Crippen LogP contribution in [0.25, 0.3) is 0 Å². The fourth-order valence-electron chi connectivity index (χ4n) is 4.50. The van der Waals surface area contributed by atoms with E-state index >= 15 is 0 Å². The number of nitrogens with zero attached hydrogens (tertiary/aromatic N) is 2. The van der Waals surface area contributed by atoms with Gasteiger partial charge in [0.05, 0.1) is 37.6 Å². The quantitative estimate of drug-likeness (QED) is 0.230. The van der Waals surface area contributed by atoms with E-state index in [4.69, 9.17) is 23.7 Å². The summed E-state index contributed by atoms with van der Waals surface area (Å²) in [7, 11) is 0. The van der Waals surface area contributed by atoms with Crippen molar-refractivity contribution in [3.8, 4) is 5.75 Å². The van der Waals surface area contributed by atoms with Crippen LogP contribution < -0.4 is 15.4 Å². The van der Waals surface area contributed by atoms with Gasteiger partial charge in [-0.25, -0.2) is 9.59 Å². The van der Waals surface area contributed by atoms with Crippen molar-refractivity contribution in [3.05, 3.63) is 29.3 Å². The summed E-state index contributed by atoms with van der Waals surface area (Å²) in [5.74, 6) is -4.05. The largest absolute Gasteiger partial charge is 0.483 e. The number of hydrogen-bond donors (Lipinski definition) is 2. The van der Waals surface area contributed by atoms with Gasteiger partial charge in [-0.05, 0) is 60.1 Å². The summed E-state index contributed by atoms with van der Waals surface area (Å²) in [5.41, 5.74) is -1.76. The van der Waals surface area contributed by atoms with E-state index in [1.165, 1.54) is 18.2 Å². The lowest BCUT2D eigenvalue weighted by molar-refractivity contribution is -0.150. The molecule has 2 aliphatic heterocycles. The Bertz CT molecular complexity index is 1380. The van der Waals surface area contributed by atoms with Crippen LogP contribution in [0.15, 0.2) is 18.2 Å². The van der Waals surface area contributed by atoms with Crippen LogP contribution in [-0.2, 0) is 33.3 Å². The molecule has 2 aliphatic rings. The zero-order chi connectivity index (χ0) is 34.9. The smallest absolute Gasteiger partial charge is 0.424 e. The highest BCUT2D eigenvalue weighted by Gasteiger charge is 2.50. The lowest BCUT2D eigenvalue weighted by Gasteiger charge is -2.34. The van der Waals surface area contributed by atoms with Crippen molar-refractivity contribution < 1.29 is 57.2 Å². The van der Waals surface area contributed by atoms with Crippen LogP contribution in [0.3, 0.4) is 0 Å². The number of likely N-dealkylation sites (tertiary alicyclic amines) is 1. The molecule has 0 radical (unpaired) electrons. The van der Waals surface area contributed by atoms with Crippen LogP contribution in [0.5, 0.6) is 5.75 Å². The Balaban J connectivity index is 1.44. The summed E-state index contributed by atoms with van der Waals surface area (Å²) in [4.78, 5) is 89.9. The Morgan fingerprint density at radius 2 is 1.45 bits per heavy atom. The second-order valence-corrected chi connectivity index (χ2v) is 12.6. The first-order valence-corrected chi connectivity index (χ1v) is 15.1. The van der Waals surface area contributed by atoms with Gasteiger partial charge in [0.25, 0.3) is 23.6 Å². The minimum atomic E-state index is -1.41. The molecule has 1 aromatic carbocycles. The van der Waals surface area contributed by atoms with Gasteiger partial charge in [-0.1, -0.05) is 6.07 Å². The summed E-state index contributed by atoms with van der Waals surface area (Å²) < 4.78 is 26.6. The molecule has 1 atom stereocenters. The minimum absolute atomic E-state index is 0.0438. The Labute approximate surface area is 272 Å². The summed E-state index contributed by atoms with van der Waals surface area (Å²) in [6, 6.07) is 2.84. The van der Waals surface area contributed by atoms with E-state index in [1.807, 2.05) is 0 Å². The fraction of sp³-hybridized carbons (Fsp3) is 0.581. The molecule has 1 aromatic rings. The van der Waals surface area contributed by atoms with Gasteiger partial charge in [-0.3, -0.25) is 28.9 Å². The van der Waals surface area contributed by atoms with Crippen molar-refractivity contribution >= 4 is 41.7 Å². The van der Waals surface area contributed by atoms with Gasteiger partial charge in [0.15, 0.2) is 6.61 Å². The third-order valence-electron chi connectivity index (χ3n) is 6.40. The molecule has 258 valence electrons. The lowest BCUT2D eigenvalue weighted by atomic mass is 10.0. The monoisotopic (exact) mass is 662 g/mol. The topological polar surface area (TPSA) is 196 Å². The Morgan fingerprint density at radius 1 is 0.830 bits per heavy atom. The maximum Gasteiger partial charge on any atom is 0.424 e. The molecule has 2 N–H and O–H groups in total. The minimum Gasteiger partial charge on any atom is -0.483 e. The molecular weight excluding hydrogens is 620 g/mol. The van der Waals surface area contributed by atoms with Gasteiger partial charge in [0, 0.05) is 19.5 Å². The molecule has 16 heteroatoms. The van der Waals surface area contributed by atoms with E-state index in [1.54, 1.807) is 41.5 Å². The number of imide groups is 4. The molecule has 0 spiro atoms. The highest BCUT2D eigenvalue weighted by atomic mass is 16.6. The molecule has 0 aromatic heterocycles. The predicted octanol–water partition coefficient (Wildman–Crippen LogP) is 1.79. The average molecular weight is 663 g/mol. The summed E-state index contributed by atoms with van der Waals surface area (Å²) >= 11 is 0. The van der Waals surface area contributed by atoms with Crippen molar-refractivity contribution in [1.29, 1.82) is 0 Å². The summed E-state index contributed by atoms with van der Waals surface area (Å²) in [6.07, 6.45) is -2.15. The second kappa shape index (κ2) is 15.8. The van der Waals surface area contributed by atoms with Crippen molar-refractivity contribution in [2.45, 2.75) is 71.6 Å². The lowest BCUT2D eigenvalue weighted by Crippen LogP contribution is -2.58. The Kier molecular flexibility index (Phi) is 12.4. The first-order valence-electron chi connectivity index (χ1n) is 15.1. The van der Waals surface area contributed by atoms with Crippen molar-refractivity contribution in [3.63, 3.8) is 0 Å². The third-order valence-corrected chi connectivity index (χ3v) is 6.40. The van der Waals surface area contributed by atoms with Crippen molar-refractivity contribution in [2.24, 2.45) is 0 Å². The molecule has 1 saturated heterocycles. The van der Waals surface area contributed by atoms with E-state index < -0.39 is 65.6 Å². The van der Waals surface area contributed by atoms with E-state index in [-0.39, 0.29) is 69.2 Å². The molecule has 7 amide bonds. The van der Waals surface area contributed by atoms with E-state index in [2.05, 4.69) is 10.6 Å². The standard InChI is InChI=1S/C31H42N4O12/c1-30(2,3)46-28(41)33-13-15-44-17-16-43-14-12-32-22(36)18-45-21-9-7-8-19-24(21)27(40)34(25(19)38)20-10-11-23(37)35(26(20)39)29(42)47-31(4,5)6/h7-9,20H,10-18H2,1-6H3,(H,32,36)(H,33,41). The number of rotatable bonds is 13. The van der Waals surface area contributed by atoms with E-state index in [0.717, 1.165) is 0 Å². The number of alkyl carbamates (subject to hydrolysis) is 1. The van der Waals surface area contributed by atoms with Gasteiger partial charge in [-0.15, -0.1) is 0 Å². The molecule has 1 fully saturated rings. The fourth-order valence-corrected chi connectivity index (χ4v) is 4.50. The van der Waals surface area contributed by atoms with Gasteiger partial charge < -0.3 is 34.3 Å². The molecule has 0 aliphatic carbocycles. The number of fused-ring (bicyclic) bond motifs is 1. The summed E-state index contributed by atoms with van der Waals surface area (Å²) in [6.45, 7) is 11.0. The highest BCUT2D eigenvalue weighted by molar-refractivity contribution is 6.25. The molecular formula is C31H42N4O12. The Hall–Kier alpha value is -4.57. The Morgan fingerprint density at radius 3 is 2.06 bits per heavy atom. The van der Waals surface area contributed by atoms with Crippen LogP contribution in [0.2, 0.25) is 0 Å². The van der Waals surface area contributed by atoms with Crippen LogP contribution in [0, 0.1) is 0 Å². The van der Waals surface area contributed by atoms with Crippen LogP contribution in [0.1, 0.15) is 75.1 Å². The van der Waals surface area contributed by atoms with Crippen molar-refractivity contribution in [2.75, 3.05) is 46.1 Å². The first kappa shape index (κ1) is 36.9. The number of benzene rings is 1. The number of hydrogen-bond acceptors (Lipinski definition) is 12. The van der Waals surface area contributed by atoms with Gasteiger partial charge in [0.2, 0.25) is 5.91 Å². The molecule has 47 heavy (non-hydrogen) atoms. The maximum absolute atomic E-state index is 13.4. The molecule has 0 saturated carbocycles. The molecule has 1 unspecified atom stereocenters. The molecule has 16 nitrogen and oxygen atoms in total. The van der Waals surface area contributed by atoms with Crippen molar-refractivity contribution in [1.82, 2.24) is 20.4 Å². The number of carbonyl (C=O) groups excluding carboxylic acids is 7. The average Bonchev–Trinajstić information content (AvgIpc) is 3.21. The maximum atomic E-state index is 13.4. The first-order chi connectivity index (χ1) is 22.0. The predicted molar refractivity (Wildman–Crippen MR) is 162 cm³/mol. The van der Waals surface area contributed by atoms with Crippen LogP contribution in [-0.4, -0.2) is 115 Å². The second-order valence-electron chi connectivity index (χ2n) is 12.6. The zero-order valence-corrected chi connectivity index (χ0v) is 27.5. The van der Waals surface area contributed by atoms with E-state index in [9.17, 15) is 33.6 Å². The van der Waals surface area contributed by atoms with Gasteiger partial charge in [0.1, 0.15) is 23.0 Å². The number of nitrogens with one attached hydrogen (secondary N) is 2. The number of ether oxygens (including phenoxy) is 5. The number of carbonyl (C=O) groups is 7. The van der Waals surface area contributed by atoms with Gasteiger partial charge >= 0.3 is 12.2 Å². The summed E-state index contributed by atoms with van der Waals surface area (Å²) in [5, 5.41) is 5.18. The normalized spacial score (nSPS) is 16.6. The zero-order valence-electron chi connectivity index (χ0n) is 27.5. The third kappa shape index (κ3) is 10.5. The van der Waals surface area contributed by atoms with Crippen LogP contribution >= 0.6 is 0 Å². The molecule has 2 heterocycles.